The summed E-state index contributed by atoms with van der Waals surface area (Å²) in [5, 5.41) is 19.8. The summed E-state index contributed by atoms with van der Waals surface area (Å²) in [6, 6.07) is 0. The molecule has 0 spiro atoms. The van der Waals surface area contributed by atoms with Gasteiger partial charge in [0, 0.05) is 5.92 Å². The van der Waals surface area contributed by atoms with Gasteiger partial charge >= 0.3 is 0 Å². The first-order chi connectivity index (χ1) is 10.2. The molecule has 4 atom stereocenters. The first-order valence-electron chi connectivity index (χ1n) is 7.08. The van der Waals surface area contributed by atoms with Crippen LogP contribution in [0.1, 0.15) is 19.1 Å². The maximum atomic E-state index is 10.4. The number of nitrogens with two attached hydrogens (primary N) is 1. The van der Waals surface area contributed by atoms with Gasteiger partial charge in [0.2, 0.25) is 0 Å². The van der Waals surface area contributed by atoms with Crippen molar-refractivity contribution in [2.45, 2.75) is 31.3 Å². The summed E-state index contributed by atoms with van der Waals surface area (Å²) < 4.78 is 7.64. The van der Waals surface area contributed by atoms with E-state index in [9.17, 15) is 10.2 Å². The highest BCUT2D eigenvalue weighted by Gasteiger charge is 2.51. The van der Waals surface area contributed by atoms with E-state index in [-0.39, 0.29) is 18.8 Å². The second kappa shape index (κ2) is 4.62. The van der Waals surface area contributed by atoms with E-state index in [0.717, 1.165) is 12.8 Å². The molecule has 2 aromatic rings. The number of nitrogen functional groups attached to an aromatic ring is 1. The number of nitrogens with zero attached hydrogens (tertiary/aromatic N) is 4. The van der Waals surface area contributed by atoms with Crippen LogP contribution in [0.15, 0.2) is 12.7 Å². The SMILES string of the molecule is Nc1ncnc2c1ncn2[C@@H]1O[C@H](CO)[C@@H](O)[C@@H]1C1CC1. The first-order valence-corrected chi connectivity index (χ1v) is 7.08. The number of fused-ring (bicyclic) bond motifs is 1. The zero-order valence-corrected chi connectivity index (χ0v) is 11.3. The molecule has 2 aromatic heterocycles. The van der Waals surface area contributed by atoms with Crippen LogP contribution in [-0.2, 0) is 4.74 Å². The van der Waals surface area contributed by atoms with Crippen LogP contribution in [0.2, 0.25) is 0 Å². The van der Waals surface area contributed by atoms with Crippen LogP contribution in [-0.4, -0.2) is 48.5 Å². The van der Waals surface area contributed by atoms with Gasteiger partial charge in [-0.25, -0.2) is 15.0 Å². The topological polar surface area (TPSA) is 119 Å². The molecular weight excluding hydrogens is 274 g/mol. The second-order valence-corrected chi connectivity index (χ2v) is 5.74. The Balaban J connectivity index is 1.78. The van der Waals surface area contributed by atoms with E-state index in [1.54, 1.807) is 10.9 Å². The number of ether oxygens (including phenoxy) is 1. The molecule has 0 unspecified atom stereocenters. The number of aliphatic hydroxyl groups is 2. The number of anilines is 1. The largest absolute Gasteiger partial charge is 0.394 e. The number of rotatable bonds is 3. The molecule has 0 aromatic carbocycles. The van der Waals surface area contributed by atoms with Gasteiger partial charge in [-0.15, -0.1) is 0 Å². The Morgan fingerprint density at radius 3 is 2.86 bits per heavy atom. The van der Waals surface area contributed by atoms with E-state index in [0.29, 0.717) is 22.9 Å². The first kappa shape index (κ1) is 12.9. The van der Waals surface area contributed by atoms with E-state index in [1.165, 1.54) is 6.33 Å². The minimum Gasteiger partial charge on any atom is -0.394 e. The van der Waals surface area contributed by atoms with Crippen molar-refractivity contribution in [3.8, 4) is 0 Å². The Morgan fingerprint density at radius 1 is 1.33 bits per heavy atom. The van der Waals surface area contributed by atoms with E-state index in [2.05, 4.69) is 15.0 Å². The standard InChI is InChI=1S/C13H17N5O3/c14-11-9-12(16-4-15-11)18(5-17-9)13-8(6-1-2-6)10(20)7(3-19)21-13/h4-8,10,13,19-20H,1-3H2,(H2,14,15,16)/t7-,8+,10-,13-/m1/s1. The minimum atomic E-state index is -0.677. The Bertz CT molecular complexity index is 671. The molecule has 1 aliphatic heterocycles. The highest BCUT2D eigenvalue weighted by Crippen LogP contribution is 2.49. The molecule has 1 aliphatic carbocycles. The highest BCUT2D eigenvalue weighted by molar-refractivity contribution is 5.81. The van der Waals surface area contributed by atoms with Crippen molar-refractivity contribution in [1.29, 1.82) is 0 Å². The Hall–Kier alpha value is -1.77. The molecule has 0 bridgehead atoms. The van der Waals surface area contributed by atoms with Gasteiger partial charge in [0.05, 0.1) is 19.0 Å². The van der Waals surface area contributed by atoms with Gasteiger partial charge in [-0.3, -0.25) is 4.57 Å². The molecule has 4 rings (SSSR count). The van der Waals surface area contributed by atoms with Crippen LogP contribution < -0.4 is 5.73 Å². The van der Waals surface area contributed by atoms with Gasteiger partial charge in [-0.1, -0.05) is 0 Å². The predicted octanol–water partition coefficient (Wildman–Crippen LogP) is -0.315. The van der Waals surface area contributed by atoms with Gasteiger partial charge < -0.3 is 20.7 Å². The van der Waals surface area contributed by atoms with Crippen molar-refractivity contribution in [2.24, 2.45) is 11.8 Å². The van der Waals surface area contributed by atoms with E-state index in [1.807, 2.05) is 0 Å². The lowest BCUT2D eigenvalue weighted by molar-refractivity contribution is -0.0455. The van der Waals surface area contributed by atoms with Crippen LogP contribution in [0.5, 0.6) is 0 Å². The molecule has 21 heavy (non-hydrogen) atoms. The van der Waals surface area contributed by atoms with Crippen LogP contribution in [0.3, 0.4) is 0 Å². The molecule has 0 amide bonds. The lowest BCUT2D eigenvalue weighted by Crippen LogP contribution is -2.30. The summed E-state index contributed by atoms with van der Waals surface area (Å²) in [6.45, 7) is -0.204. The normalized spacial score (nSPS) is 32.9. The average Bonchev–Trinajstić information content (AvgIpc) is 3.12. The van der Waals surface area contributed by atoms with Gasteiger partial charge in [0.1, 0.15) is 24.2 Å². The molecule has 8 nitrogen and oxygen atoms in total. The van der Waals surface area contributed by atoms with Crippen molar-refractivity contribution in [1.82, 2.24) is 19.5 Å². The van der Waals surface area contributed by atoms with Crippen molar-refractivity contribution >= 4 is 17.0 Å². The highest BCUT2D eigenvalue weighted by atomic mass is 16.5. The number of imidazole rings is 1. The Labute approximate surface area is 120 Å². The monoisotopic (exact) mass is 291 g/mol. The van der Waals surface area contributed by atoms with Gasteiger partial charge in [-0.05, 0) is 18.8 Å². The van der Waals surface area contributed by atoms with E-state index in [4.69, 9.17) is 10.5 Å². The van der Waals surface area contributed by atoms with Gasteiger partial charge in [-0.2, -0.15) is 0 Å². The Morgan fingerprint density at radius 2 is 2.14 bits per heavy atom. The lowest BCUT2D eigenvalue weighted by atomic mass is 9.94. The van der Waals surface area contributed by atoms with Gasteiger partial charge in [0.15, 0.2) is 11.5 Å². The van der Waals surface area contributed by atoms with E-state index >= 15 is 0 Å². The molecule has 3 heterocycles. The van der Waals surface area contributed by atoms with Crippen LogP contribution >= 0.6 is 0 Å². The summed E-state index contributed by atoms with van der Waals surface area (Å²) in [5.74, 6) is 0.674. The fourth-order valence-corrected chi connectivity index (χ4v) is 3.22. The molecule has 2 fully saturated rings. The zero-order chi connectivity index (χ0) is 14.6. The fraction of sp³-hybridized carbons (Fsp3) is 0.615. The molecule has 8 heteroatoms. The fourth-order valence-electron chi connectivity index (χ4n) is 3.22. The third kappa shape index (κ3) is 1.90. The third-order valence-corrected chi connectivity index (χ3v) is 4.43. The van der Waals surface area contributed by atoms with Crippen LogP contribution in [0.4, 0.5) is 5.82 Å². The van der Waals surface area contributed by atoms with Crippen molar-refractivity contribution in [2.75, 3.05) is 12.3 Å². The molecule has 1 saturated heterocycles. The van der Waals surface area contributed by atoms with Crippen molar-refractivity contribution in [3.05, 3.63) is 12.7 Å². The van der Waals surface area contributed by atoms with Gasteiger partial charge in [0.25, 0.3) is 0 Å². The van der Waals surface area contributed by atoms with Crippen LogP contribution in [0, 0.1) is 11.8 Å². The summed E-state index contributed by atoms with van der Waals surface area (Å²) >= 11 is 0. The van der Waals surface area contributed by atoms with Crippen molar-refractivity contribution < 1.29 is 14.9 Å². The molecule has 112 valence electrons. The quantitative estimate of drug-likeness (QED) is 0.709. The molecule has 1 saturated carbocycles. The maximum absolute atomic E-state index is 10.4. The second-order valence-electron chi connectivity index (χ2n) is 5.74. The number of aromatic nitrogens is 4. The molecule has 0 radical (unpaired) electrons. The molecular formula is C13H17N5O3. The summed E-state index contributed by atoms with van der Waals surface area (Å²) in [4.78, 5) is 12.4. The lowest BCUT2D eigenvalue weighted by Gasteiger charge is -2.21. The smallest absolute Gasteiger partial charge is 0.167 e. The molecule has 4 N–H and O–H groups in total. The predicted molar refractivity (Wildman–Crippen MR) is 73.0 cm³/mol. The minimum absolute atomic E-state index is 0.0595. The third-order valence-electron chi connectivity index (χ3n) is 4.43. The average molecular weight is 291 g/mol. The zero-order valence-electron chi connectivity index (χ0n) is 11.3. The van der Waals surface area contributed by atoms with Crippen molar-refractivity contribution in [3.63, 3.8) is 0 Å². The number of hydrogen-bond acceptors (Lipinski definition) is 7. The molecule has 2 aliphatic rings. The maximum Gasteiger partial charge on any atom is 0.167 e. The summed E-state index contributed by atoms with van der Waals surface area (Å²) in [6.07, 6.45) is 3.51. The summed E-state index contributed by atoms with van der Waals surface area (Å²) in [5.41, 5.74) is 6.91. The van der Waals surface area contributed by atoms with E-state index < -0.39 is 12.2 Å². The summed E-state index contributed by atoms with van der Waals surface area (Å²) in [7, 11) is 0. The Kier molecular flexibility index (Phi) is 2.84. The number of aliphatic hydroxyl groups excluding tert-OH is 2. The van der Waals surface area contributed by atoms with Crippen LogP contribution in [0.25, 0.3) is 11.2 Å². The number of hydrogen-bond donors (Lipinski definition) is 3.